The van der Waals surface area contributed by atoms with Gasteiger partial charge in [0.25, 0.3) is 0 Å². The predicted octanol–water partition coefficient (Wildman–Crippen LogP) is 1.43. The molecule has 1 aromatic heterocycles. The lowest BCUT2D eigenvalue weighted by atomic mass is 10.1. The van der Waals surface area contributed by atoms with E-state index in [0.29, 0.717) is 11.6 Å². The van der Waals surface area contributed by atoms with Crippen molar-refractivity contribution in [2.24, 2.45) is 5.92 Å². The molecule has 2 N–H and O–H groups in total. The number of nitrogens with one attached hydrogen (secondary N) is 1. The molecule has 106 valence electrons. The molecule has 2 unspecified atom stereocenters. The van der Waals surface area contributed by atoms with E-state index in [9.17, 15) is 9.90 Å². The van der Waals surface area contributed by atoms with Gasteiger partial charge in [0, 0.05) is 12.5 Å². The molecule has 1 saturated carbocycles. The minimum absolute atomic E-state index is 0.0960. The van der Waals surface area contributed by atoms with Crippen LogP contribution in [0.4, 0.5) is 0 Å². The van der Waals surface area contributed by atoms with E-state index in [1.807, 2.05) is 13.8 Å². The van der Waals surface area contributed by atoms with Crippen molar-refractivity contribution in [1.29, 1.82) is 0 Å². The molecule has 0 bridgehead atoms. The normalized spacial score (nSPS) is 22.7. The van der Waals surface area contributed by atoms with Crippen LogP contribution < -0.4 is 5.32 Å². The number of carbonyl (C=O) groups is 1. The van der Waals surface area contributed by atoms with Crippen LogP contribution >= 0.6 is 11.6 Å². The van der Waals surface area contributed by atoms with Crippen molar-refractivity contribution in [2.45, 2.75) is 45.8 Å². The summed E-state index contributed by atoms with van der Waals surface area (Å²) in [5.74, 6) is 0.0920. The van der Waals surface area contributed by atoms with Crippen LogP contribution in [-0.4, -0.2) is 33.4 Å². The Morgan fingerprint density at radius 2 is 2.26 bits per heavy atom. The summed E-state index contributed by atoms with van der Waals surface area (Å²) < 4.78 is 1.61. The van der Waals surface area contributed by atoms with Gasteiger partial charge >= 0.3 is 0 Å². The summed E-state index contributed by atoms with van der Waals surface area (Å²) in [7, 11) is 0. The fourth-order valence-electron chi connectivity index (χ4n) is 2.52. The maximum absolute atomic E-state index is 11.9. The standard InChI is InChI=1S/C13H20ClN3O2/c1-8-13(14)9(2)17(16-8)7-12(19)15-6-10-4-3-5-11(10)18/h10-11,18H,3-7H2,1-2H3,(H,15,19). The van der Waals surface area contributed by atoms with Crippen LogP contribution in [0, 0.1) is 19.8 Å². The number of aromatic nitrogens is 2. The number of amides is 1. The number of aliphatic hydroxyl groups excluding tert-OH is 1. The molecular weight excluding hydrogens is 266 g/mol. The number of nitrogens with zero attached hydrogens (tertiary/aromatic N) is 2. The van der Waals surface area contributed by atoms with Crippen LogP contribution in [0.15, 0.2) is 0 Å². The molecule has 1 aliphatic carbocycles. The first-order chi connectivity index (χ1) is 8.99. The van der Waals surface area contributed by atoms with Crippen LogP contribution in [0.5, 0.6) is 0 Å². The molecule has 1 amide bonds. The largest absolute Gasteiger partial charge is 0.393 e. The van der Waals surface area contributed by atoms with E-state index >= 15 is 0 Å². The van der Waals surface area contributed by atoms with Crippen LogP contribution in [0.2, 0.25) is 5.02 Å². The van der Waals surface area contributed by atoms with E-state index in [0.717, 1.165) is 30.7 Å². The molecule has 0 aromatic carbocycles. The Balaban J connectivity index is 1.85. The van der Waals surface area contributed by atoms with Crippen molar-refractivity contribution in [1.82, 2.24) is 15.1 Å². The lowest BCUT2D eigenvalue weighted by Gasteiger charge is -2.15. The van der Waals surface area contributed by atoms with Crippen molar-refractivity contribution in [2.75, 3.05) is 6.54 Å². The minimum Gasteiger partial charge on any atom is -0.393 e. The smallest absolute Gasteiger partial charge is 0.241 e. The summed E-state index contributed by atoms with van der Waals surface area (Å²) in [6, 6.07) is 0. The number of aryl methyl sites for hydroxylation is 1. The quantitative estimate of drug-likeness (QED) is 0.879. The van der Waals surface area contributed by atoms with Gasteiger partial charge < -0.3 is 10.4 Å². The lowest BCUT2D eigenvalue weighted by Crippen LogP contribution is -2.34. The van der Waals surface area contributed by atoms with Gasteiger partial charge in [-0.05, 0) is 26.7 Å². The maximum atomic E-state index is 11.9. The molecule has 6 heteroatoms. The Morgan fingerprint density at radius 1 is 1.53 bits per heavy atom. The van der Waals surface area contributed by atoms with Gasteiger partial charge in [0.15, 0.2) is 0 Å². The van der Waals surface area contributed by atoms with E-state index in [-0.39, 0.29) is 24.5 Å². The Morgan fingerprint density at radius 3 is 2.79 bits per heavy atom. The molecule has 0 saturated heterocycles. The van der Waals surface area contributed by atoms with Crippen molar-refractivity contribution in [3.63, 3.8) is 0 Å². The van der Waals surface area contributed by atoms with Crippen molar-refractivity contribution in [3.8, 4) is 0 Å². The number of halogens is 1. The predicted molar refractivity (Wildman–Crippen MR) is 73.1 cm³/mol. The first kappa shape index (κ1) is 14.3. The van der Waals surface area contributed by atoms with Gasteiger partial charge in [0.05, 0.1) is 22.5 Å². The summed E-state index contributed by atoms with van der Waals surface area (Å²) in [6.45, 7) is 4.37. The molecule has 0 aliphatic heterocycles. The topological polar surface area (TPSA) is 67.2 Å². The Hall–Kier alpha value is -1.07. The van der Waals surface area contributed by atoms with Gasteiger partial charge in [-0.2, -0.15) is 5.10 Å². The zero-order valence-electron chi connectivity index (χ0n) is 11.3. The van der Waals surface area contributed by atoms with E-state index in [4.69, 9.17) is 11.6 Å². The van der Waals surface area contributed by atoms with Gasteiger partial charge in [-0.25, -0.2) is 0 Å². The summed E-state index contributed by atoms with van der Waals surface area (Å²) in [5, 5.41) is 17.4. The zero-order valence-corrected chi connectivity index (χ0v) is 12.1. The Bertz CT molecular complexity index is 473. The molecule has 5 nitrogen and oxygen atoms in total. The average Bonchev–Trinajstić information content (AvgIpc) is 2.87. The van der Waals surface area contributed by atoms with Crippen molar-refractivity contribution < 1.29 is 9.90 Å². The van der Waals surface area contributed by atoms with Crippen molar-refractivity contribution >= 4 is 17.5 Å². The van der Waals surface area contributed by atoms with Gasteiger partial charge in [0.2, 0.25) is 5.91 Å². The van der Waals surface area contributed by atoms with Crippen LogP contribution in [0.3, 0.4) is 0 Å². The minimum atomic E-state index is -0.275. The van der Waals surface area contributed by atoms with Crippen LogP contribution in [0.25, 0.3) is 0 Å². The fourth-order valence-corrected chi connectivity index (χ4v) is 2.66. The molecule has 1 fully saturated rings. The molecule has 0 spiro atoms. The second-order valence-electron chi connectivity index (χ2n) is 5.20. The van der Waals surface area contributed by atoms with E-state index < -0.39 is 0 Å². The summed E-state index contributed by atoms with van der Waals surface area (Å²) in [6.07, 6.45) is 2.58. The van der Waals surface area contributed by atoms with Gasteiger partial charge in [-0.3, -0.25) is 9.48 Å². The molecule has 2 rings (SSSR count). The highest BCUT2D eigenvalue weighted by molar-refractivity contribution is 6.31. The average molecular weight is 286 g/mol. The fraction of sp³-hybridized carbons (Fsp3) is 0.692. The highest BCUT2D eigenvalue weighted by Gasteiger charge is 2.25. The summed E-state index contributed by atoms with van der Waals surface area (Å²) in [5.41, 5.74) is 1.54. The molecule has 1 heterocycles. The molecular formula is C13H20ClN3O2. The number of carbonyl (C=O) groups excluding carboxylic acids is 1. The molecule has 0 radical (unpaired) electrons. The number of rotatable bonds is 4. The zero-order chi connectivity index (χ0) is 14.0. The SMILES string of the molecule is Cc1nn(CC(=O)NCC2CCCC2O)c(C)c1Cl. The number of aliphatic hydroxyl groups is 1. The number of hydrogen-bond donors (Lipinski definition) is 2. The highest BCUT2D eigenvalue weighted by atomic mass is 35.5. The van der Waals surface area contributed by atoms with Crippen LogP contribution in [0.1, 0.15) is 30.7 Å². The molecule has 2 atom stereocenters. The maximum Gasteiger partial charge on any atom is 0.241 e. The van der Waals surface area contributed by atoms with E-state index in [1.54, 1.807) is 4.68 Å². The van der Waals surface area contributed by atoms with E-state index in [2.05, 4.69) is 10.4 Å². The third-order valence-electron chi connectivity index (χ3n) is 3.77. The number of hydrogen-bond acceptors (Lipinski definition) is 3. The van der Waals surface area contributed by atoms with Gasteiger partial charge in [-0.15, -0.1) is 0 Å². The third-order valence-corrected chi connectivity index (χ3v) is 4.31. The monoisotopic (exact) mass is 285 g/mol. The summed E-state index contributed by atoms with van der Waals surface area (Å²) >= 11 is 6.03. The molecule has 19 heavy (non-hydrogen) atoms. The summed E-state index contributed by atoms with van der Waals surface area (Å²) in [4.78, 5) is 11.9. The molecule has 1 aromatic rings. The second-order valence-corrected chi connectivity index (χ2v) is 5.58. The lowest BCUT2D eigenvalue weighted by molar-refractivity contribution is -0.122. The van der Waals surface area contributed by atoms with Crippen molar-refractivity contribution in [3.05, 3.63) is 16.4 Å². The van der Waals surface area contributed by atoms with Crippen LogP contribution in [-0.2, 0) is 11.3 Å². The molecule has 1 aliphatic rings. The second kappa shape index (κ2) is 5.92. The van der Waals surface area contributed by atoms with Gasteiger partial charge in [-0.1, -0.05) is 18.0 Å². The van der Waals surface area contributed by atoms with E-state index in [1.165, 1.54) is 0 Å². The first-order valence-corrected chi connectivity index (χ1v) is 7.01. The highest BCUT2D eigenvalue weighted by Crippen LogP contribution is 2.24. The Labute approximate surface area is 117 Å². The third kappa shape index (κ3) is 3.28. The Kier molecular flexibility index (Phi) is 4.47. The first-order valence-electron chi connectivity index (χ1n) is 6.63. The van der Waals surface area contributed by atoms with Gasteiger partial charge in [0.1, 0.15) is 6.54 Å².